The summed E-state index contributed by atoms with van der Waals surface area (Å²) >= 11 is 0. The molecule has 19 heavy (non-hydrogen) atoms. The van der Waals surface area contributed by atoms with Gasteiger partial charge in [-0.1, -0.05) is 56.9 Å². The standard InChI is InChI=1S/C19H26/c1-2-3-4-5-8-15-11-12-18-13-16-9-6-7-10-17(16)14-19(15)18/h11-15H,2-10H2,1H3. The fraction of sp³-hybridized carbons (Fsp3) is 0.579. The van der Waals surface area contributed by atoms with Crippen LogP contribution in [0.3, 0.4) is 0 Å². The Balaban J connectivity index is 1.71. The molecule has 0 fully saturated rings. The molecule has 1 atom stereocenters. The second-order valence-corrected chi connectivity index (χ2v) is 6.27. The van der Waals surface area contributed by atoms with Crippen molar-refractivity contribution in [1.29, 1.82) is 0 Å². The molecule has 1 aromatic carbocycles. The Kier molecular flexibility index (Phi) is 4.06. The zero-order chi connectivity index (χ0) is 13.1. The van der Waals surface area contributed by atoms with E-state index < -0.39 is 0 Å². The van der Waals surface area contributed by atoms with E-state index in [-0.39, 0.29) is 0 Å². The lowest BCUT2D eigenvalue weighted by atomic mass is 9.86. The molecule has 2 aliphatic carbocycles. The average molecular weight is 254 g/mol. The number of unbranched alkanes of at least 4 members (excludes halogenated alkanes) is 3. The highest BCUT2D eigenvalue weighted by molar-refractivity contribution is 5.64. The van der Waals surface area contributed by atoms with E-state index in [9.17, 15) is 0 Å². The van der Waals surface area contributed by atoms with Crippen LogP contribution in [-0.4, -0.2) is 0 Å². The Morgan fingerprint density at radius 3 is 2.58 bits per heavy atom. The number of aryl methyl sites for hydroxylation is 2. The van der Waals surface area contributed by atoms with Crippen LogP contribution in [0.4, 0.5) is 0 Å². The molecule has 0 saturated carbocycles. The van der Waals surface area contributed by atoms with Crippen LogP contribution in [0.2, 0.25) is 0 Å². The molecular weight excluding hydrogens is 228 g/mol. The highest BCUT2D eigenvalue weighted by Crippen LogP contribution is 2.37. The predicted octanol–water partition coefficient (Wildman–Crippen LogP) is 5.65. The van der Waals surface area contributed by atoms with Crippen molar-refractivity contribution < 1.29 is 0 Å². The van der Waals surface area contributed by atoms with E-state index in [0.29, 0.717) is 5.92 Å². The summed E-state index contributed by atoms with van der Waals surface area (Å²) in [6, 6.07) is 5.01. The second-order valence-electron chi connectivity index (χ2n) is 6.27. The predicted molar refractivity (Wildman–Crippen MR) is 83.6 cm³/mol. The first-order chi connectivity index (χ1) is 9.38. The molecule has 0 amide bonds. The van der Waals surface area contributed by atoms with E-state index in [1.165, 1.54) is 63.4 Å². The van der Waals surface area contributed by atoms with E-state index >= 15 is 0 Å². The van der Waals surface area contributed by atoms with Crippen LogP contribution in [0.25, 0.3) is 6.08 Å². The molecule has 0 N–H and O–H groups in total. The first-order valence-corrected chi connectivity index (χ1v) is 8.22. The van der Waals surface area contributed by atoms with E-state index in [2.05, 4.69) is 31.2 Å². The van der Waals surface area contributed by atoms with Gasteiger partial charge in [-0.05, 0) is 54.4 Å². The maximum Gasteiger partial charge on any atom is 0.00273 e. The third-order valence-corrected chi connectivity index (χ3v) is 4.82. The van der Waals surface area contributed by atoms with Gasteiger partial charge in [0.15, 0.2) is 0 Å². The lowest BCUT2D eigenvalue weighted by molar-refractivity contribution is 0.605. The quantitative estimate of drug-likeness (QED) is 0.596. The minimum atomic E-state index is 0.707. The Bertz CT molecular complexity index is 467. The number of rotatable bonds is 5. The maximum absolute atomic E-state index is 2.54. The van der Waals surface area contributed by atoms with Crippen molar-refractivity contribution in [1.82, 2.24) is 0 Å². The van der Waals surface area contributed by atoms with E-state index in [1.807, 2.05) is 0 Å². The molecule has 2 aliphatic rings. The van der Waals surface area contributed by atoms with Crippen LogP contribution in [0.1, 0.15) is 80.0 Å². The highest BCUT2D eigenvalue weighted by atomic mass is 14.2. The minimum Gasteiger partial charge on any atom is -0.0764 e. The fourth-order valence-electron chi connectivity index (χ4n) is 3.66. The molecule has 102 valence electrons. The van der Waals surface area contributed by atoms with Crippen molar-refractivity contribution >= 4 is 6.08 Å². The van der Waals surface area contributed by atoms with Gasteiger partial charge in [-0.2, -0.15) is 0 Å². The molecule has 0 bridgehead atoms. The molecule has 0 spiro atoms. The zero-order valence-electron chi connectivity index (χ0n) is 12.3. The van der Waals surface area contributed by atoms with E-state index in [0.717, 1.165) is 0 Å². The molecule has 0 heterocycles. The lowest BCUT2D eigenvalue weighted by Gasteiger charge is -2.19. The summed E-state index contributed by atoms with van der Waals surface area (Å²) in [6.45, 7) is 2.29. The summed E-state index contributed by atoms with van der Waals surface area (Å²) in [7, 11) is 0. The lowest BCUT2D eigenvalue weighted by Crippen LogP contribution is -2.05. The van der Waals surface area contributed by atoms with E-state index in [4.69, 9.17) is 0 Å². The van der Waals surface area contributed by atoms with Gasteiger partial charge in [-0.25, -0.2) is 0 Å². The van der Waals surface area contributed by atoms with Crippen LogP contribution in [0, 0.1) is 0 Å². The summed E-state index contributed by atoms with van der Waals surface area (Å²) in [4.78, 5) is 0. The molecule has 0 nitrogen and oxygen atoms in total. The van der Waals surface area contributed by atoms with Gasteiger partial charge in [0.05, 0.1) is 0 Å². The average Bonchev–Trinajstić information content (AvgIpc) is 2.83. The molecule has 0 heteroatoms. The third kappa shape index (κ3) is 2.78. The summed E-state index contributed by atoms with van der Waals surface area (Å²) in [6.07, 6.45) is 17.1. The Morgan fingerprint density at radius 2 is 1.79 bits per heavy atom. The zero-order valence-corrected chi connectivity index (χ0v) is 12.3. The summed E-state index contributed by atoms with van der Waals surface area (Å²) in [5, 5.41) is 0. The van der Waals surface area contributed by atoms with Gasteiger partial charge in [-0.3, -0.25) is 0 Å². The van der Waals surface area contributed by atoms with Crippen LogP contribution < -0.4 is 0 Å². The largest absolute Gasteiger partial charge is 0.0764 e. The van der Waals surface area contributed by atoms with Crippen molar-refractivity contribution in [2.75, 3.05) is 0 Å². The molecule has 0 saturated heterocycles. The van der Waals surface area contributed by atoms with Gasteiger partial charge in [0.1, 0.15) is 0 Å². The Morgan fingerprint density at radius 1 is 1.00 bits per heavy atom. The first-order valence-electron chi connectivity index (χ1n) is 8.22. The summed E-state index contributed by atoms with van der Waals surface area (Å²) in [5.74, 6) is 0.707. The van der Waals surface area contributed by atoms with Crippen molar-refractivity contribution in [2.45, 2.75) is 70.6 Å². The van der Waals surface area contributed by atoms with Crippen molar-refractivity contribution in [3.63, 3.8) is 0 Å². The van der Waals surface area contributed by atoms with Gasteiger partial charge >= 0.3 is 0 Å². The van der Waals surface area contributed by atoms with Crippen molar-refractivity contribution in [3.8, 4) is 0 Å². The number of fused-ring (bicyclic) bond motifs is 2. The Labute approximate surface area is 117 Å². The molecule has 0 radical (unpaired) electrons. The van der Waals surface area contributed by atoms with Crippen LogP contribution in [0.15, 0.2) is 18.2 Å². The molecule has 0 aliphatic heterocycles. The van der Waals surface area contributed by atoms with E-state index in [1.54, 1.807) is 16.7 Å². The second kappa shape index (κ2) is 5.94. The monoisotopic (exact) mass is 254 g/mol. The normalized spacial score (nSPS) is 20.4. The third-order valence-electron chi connectivity index (χ3n) is 4.82. The highest BCUT2D eigenvalue weighted by Gasteiger charge is 2.20. The minimum absolute atomic E-state index is 0.707. The SMILES string of the molecule is CCCCCCC1C=Cc2cc3c(cc21)CCCC3. The van der Waals surface area contributed by atoms with Gasteiger partial charge in [0.25, 0.3) is 0 Å². The van der Waals surface area contributed by atoms with Crippen LogP contribution in [0.5, 0.6) is 0 Å². The molecule has 3 rings (SSSR count). The van der Waals surface area contributed by atoms with Gasteiger partial charge in [-0.15, -0.1) is 0 Å². The molecule has 1 unspecified atom stereocenters. The maximum atomic E-state index is 2.54. The number of allylic oxidation sites excluding steroid dienone is 1. The van der Waals surface area contributed by atoms with Crippen LogP contribution >= 0.6 is 0 Å². The van der Waals surface area contributed by atoms with Crippen molar-refractivity contribution in [2.24, 2.45) is 0 Å². The molecule has 0 aromatic heterocycles. The van der Waals surface area contributed by atoms with Gasteiger partial charge < -0.3 is 0 Å². The fourth-order valence-corrected chi connectivity index (χ4v) is 3.66. The number of benzene rings is 1. The summed E-state index contributed by atoms with van der Waals surface area (Å²) < 4.78 is 0. The first kappa shape index (κ1) is 13.0. The molecule has 1 aromatic rings. The van der Waals surface area contributed by atoms with Crippen molar-refractivity contribution in [3.05, 3.63) is 40.5 Å². The number of hydrogen-bond donors (Lipinski definition) is 0. The smallest absolute Gasteiger partial charge is 0.00273 e. The van der Waals surface area contributed by atoms with Crippen LogP contribution in [-0.2, 0) is 12.8 Å². The van der Waals surface area contributed by atoms with Gasteiger partial charge in [0.2, 0.25) is 0 Å². The summed E-state index contributed by atoms with van der Waals surface area (Å²) in [5.41, 5.74) is 6.41. The Hall–Kier alpha value is -1.04. The van der Waals surface area contributed by atoms with Gasteiger partial charge in [0, 0.05) is 5.92 Å². The number of hydrogen-bond acceptors (Lipinski definition) is 0. The topological polar surface area (TPSA) is 0 Å². The molecular formula is C19H26.